The van der Waals surface area contributed by atoms with Gasteiger partial charge in [-0.05, 0) is 40.5 Å². The lowest BCUT2D eigenvalue weighted by Crippen LogP contribution is -2.53. The zero-order valence-electron chi connectivity index (χ0n) is 10.1. The van der Waals surface area contributed by atoms with E-state index in [0.717, 1.165) is 12.8 Å². The molecule has 0 rings (SSSR count). The van der Waals surface area contributed by atoms with E-state index in [0.29, 0.717) is 12.2 Å². The molecule has 0 aliphatic rings. The van der Waals surface area contributed by atoms with Crippen molar-refractivity contribution in [3.8, 4) is 0 Å². The second-order valence-electron chi connectivity index (χ2n) is 4.66. The summed E-state index contributed by atoms with van der Waals surface area (Å²) in [5.41, 5.74) is 0.239. The minimum atomic E-state index is 0.239. The van der Waals surface area contributed by atoms with Crippen LogP contribution in [0.3, 0.4) is 0 Å². The van der Waals surface area contributed by atoms with Gasteiger partial charge in [0.2, 0.25) is 0 Å². The van der Waals surface area contributed by atoms with Crippen LogP contribution in [0.2, 0.25) is 0 Å². The van der Waals surface area contributed by atoms with Crippen LogP contribution in [-0.4, -0.2) is 17.7 Å². The van der Waals surface area contributed by atoms with Gasteiger partial charge in [0.15, 0.2) is 0 Å². The van der Waals surface area contributed by atoms with Gasteiger partial charge in [0.25, 0.3) is 0 Å². The molecule has 0 aliphatic heterocycles. The highest BCUT2D eigenvalue weighted by Crippen LogP contribution is 2.08. The van der Waals surface area contributed by atoms with E-state index in [-0.39, 0.29) is 5.54 Å². The third-order valence-electron chi connectivity index (χ3n) is 2.39. The number of rotatable bonds is 6. The monoisotopic (exact) mass is 186 g/mol. The van der Waals surface area contributed by atoms with Crippen LogP contribution in [0.1, 0.15) is 54.4 Å². The zero-order valence-corrected chi connectivity index (χ0v) is 10.1. The van der Waals surface area contributed by atoms with Gasteiger partial charge in [-0.25, -0.2) is 0 Å². The first-order valence-corrected chi connectivity index (χ1v) is 5.45. The van der Waals surface area contributed by atoms with Gasteiger partial charge in [-0.15, -0.1) is 0 Å². The molecule has 2 N–H and O–H groups in total. The van der Waals surface area contributed by atoms with Crippen LogP contribution in [0.5, 0.6) is 0 Å². The van der Waals surface area contributed by atoms with E-state index < -0.39 is 0 Å². The van der Waals surface area contributed by atoms with Crippen molar-refractivity contribution in [2.24, 2.45) is 0 Å². The first-order chi connectivity index (χ1) is 5.91. The molecule has 80 valence electrons. The summed E-state index contributed by atoms with van der Waals surface area (Å²) in [5, 5.41) is 7.12. The fourth-order valence-corrected chi connectivity index (χ4v) is 1.24. The predicted octanol–water partition coefficient (Wildman–Crippen LogP) is 2.50. The van der Waals surface area contributed by atoms with Crippen LogP contribution >= 0.6 is 0 Å². The van der Waals surface area contributed by atoms with Gasteiger partial charge < -0.3 is 0 Å². The van der Waals surface area contributed by atoms with Crippen molar-refractivity contribution < 1.29 is 0 Å². The Bertz CT molecular complexity index is 130. The van der Waals surface area contributed by atoms with E-state index in [9.17, 15) is 0 Å². The van der Waals surface area contributed by atoms with E-state index in [1.54, 1.807) is 0 Å². The molecule has 0 heterocycles. The van der Waals surface area contributed by atoms with Crippen molar-refractivity contribution in [1.82, 2.24) is 10.6 Å². The fraction of sp³-hybridized carbons (Fsp3) is 1.00. The molecule has 0 aromatic carbocycles. The van der Waals surface area contributed by atoms with Crippen molar-refractivity contribution >= 4 is 0 Å². The molecule has 0 spiro atoms. The molecule has 0 amide bonds. The summed E-state index contributed by atoms with van der Waals surface area (Å²) in [6.07, 6.45) is 2.72. The Morgan fingerprint density at radius 1 is 1.15 bits per heavy atom. The first kappa shape index (κ1) is 12.9. The Balaban J connectivity index is 3.97. The summed E-state index contributed by atoms with van der Waals surface area (Å²) >= 11 is 0. The third-order valence-corrected chi connectivity index (χ3v) is 2.39. The molecular weight excluding hydrogens is 160 g/mol. The van der Waals surface area contributed by atoms with Crippen molar-refractivity contribution in [3.05, 3.63) is 0 Å². The molecule has 0 saturated carbocycles. The van der Waals surface area contributed by atoms with Crippen LogP contribution in [0.15, 0.2) is 0 Å². The van der Waals surface area contributed by atoms with Gasteiger partial charge in [0, 0.05) is 11.6 Å². The largest absolute Gasteiger partial charge is 0.300 e. The number of hydrogen-bond donors (Lipinski definition) is 2. The predicted molar refractivity (Wildman–Crippen MR) is 59.9 cm³/mol. The van der Waals surface area contributed by atoms with Gasteiger partial charge >= 0.3 is 0 Å². The second-order valence-corrected chi connectivity index (χ2v) is 4.66. The van der Waals surface area contributed by atoms with Gasteiger partial charge in [0.05, 0.1) is 6.17 Å². The lowest BCUT2D eigenvalue weighted by atomic mass is 10.0. The smallest absolute Gasteiger partial charge is 0.0574 e. The highest BCUT2D eigenvalue weighted by Gasteiger charge is 2.18. The maximum Gasteiger partial charge on any atom is 0.0574 e. The molecule has 0 fully saturated rings. The molecule has 0 saturated heterocycles. The standard InChI is InChI=1S/C11H26N2/c1-7-10(12-9(3)4)13-11(5,6)8-2/h9-10,12-13H,7-8H2,1-6H3. The SMILES string of the molecule is CCC(NC(C)C)NC(C)(C)CC. The van der Waals surface area contributed by atoms with E-state index >= 15 is 0 Å². The summed E-state index contributed by atoms with van der Waals surface area (Å²) in [6.45, 7) is 13.3. The minimum Gasteiger partial charge on any atom is -0.300 e. The maximum atomic E-state index is 3.61. The molecule has 0 aromatic heterocycles. The zero-order chi connectivity index (χ0) is 10.5. The quantitative estimate of drug-likeness (QED) is 0.623. The summed E-state index contributed by atoms with van der Waals surface area (Å²) in [7, 11) is 0. The summed E-state index contributed by atoms with van der Waals surface area (Å²) in [6, 6.07) is 0.546. The van der Waals surface area contributed by atoms with Gasteiger partial charge in [-0.2, -0.15) is 0 Å². The topological polar surface area (TPSA) is 24.1 Å². The molecule has 1 unspecified atom stereocenters. The number of hydrogen-bond acceptors (Lipinski definition) is 2. The van der Waals surface area contributed by atoms with Crippen molar-refractivity contribution in [2.75, 3.05) is 0 Å². The summed E-state index contributed by atoms with van der Waals surface area (Å²) < 4.78 is 0. The van der Waals surface area contributed by atoms with E-state index in [1.807, 2.05) is 0 Å². The Hall–Kier alpha value is -0.0800. The maximum absolute atomic E-state index is 3.61. The Morgan fingerprint density at radius 3 is 2.00 bits per heavy atom. The Labute approximate surface area is 83.5 Å². The highest BCUT2D eigenvalue weighted by molar-refractivity contribution is 4.79. The molecule has 0 radical (unpaired) electrons. The molecule has 13 heavy (non-hydrogen) atoms. The van der Waals surface area contributed by atoms with Crippen LogP contribution in [0.4, 0.5) is 0 Å². The Kier molecular flexibility index (Phi) is 5.57. The molecule has 2 nitrogen and oxygen atoms in total. The fourth-order valence-electron chi connectivity index (χ4n) is 1.24. The normalized spacial score (nSPS) is 15.0. The Morgan fingerprint density at radius 2 is 1.69 bits per heavy atom. The summed E-state index contributed by atoms with van der Waals surface area (Å²) in [4.78, 5) is 0. The number of nitrogens with one attached hydrogen (secondary N) is 2. The molecule has 0 bridgehead atoms. The highest BCUT2D eigenvalue weighted by atomic mass is 15.2. The van der Waals surface area contributed by atoms with Crippen LogP contribution in [0.25, 0.3) is 0 Å². The molecule has 1 atom stereocenters. The molecule has 0 aliphatic carbocycles. The lowest BCUT2D eigenvalue weighted by Gasteiger charge is -2.32. The van der Waals surface area contributed by atoms with Crippen LogP contribution in [-0.2, 0) is 0 Å². The molecule has 0 aromatic rings. The first-order valence-electron chi connectivity index (χ1n) is 5.45. The van der Waals surface area contributed by atoms with Crippen molar-refractivity contribution in [1.29, 1.82) is 0 Å². The van der Waals surface area contributed by atoms with Gasteiger partial charge in [-0.1, -0.05) is 13.8 Å². The molecule has 2 heteroatoms. The van der Waals surface area contributed by atoms with Crippen molar-refractivity contribution in [2.45, 2.75) is 72.1 Å². The summed E-state index contributed by atoms with van der Waals surface area (Å²) in [5.74, 6) is 0. The second kappa shape index (κ2) is 5.61. The van der Waals surface area contributed by atoms with Crippen LogP contribution < -0.4 is 10.6 Å². The van der Waals surface area contributed by atoms with Gasteiger partial charge in [-0.3, -0.25) is 10.6 Å². The average Bonchev–Trinajstić information content (AvgIpc) is 2.02. The van der Waals surface area contributed by atoms with E-state index in [1.165, 1.54) is 0 Å². The van der Waals surface area contributed by atoms with E-state index in [4.69, 9.17) is 0 Å². The third kappa shape index (κ3) is 6.05. The van der Waals surface area contributed by atoms with Gasteiger partial charge in [0.1, 0.15) is 0 Å². The van der Waals surface area contributed by atoms with E-state index in [2.05, 4.69) is 52.2 Å². The van der Waals surface area contributed by atoms with Crippen LogP contribution in [0, 0.1) is 0 Å². The molecular formula is C11H26N2. The van der Waals surface area contributed by atoms with Crippen molar-refractivity contribution in [3.63, 3.8) is 0 Å². The lowest BCUT2D eigenvalue weighted by molar-refractivity contribution is 0.273. The average molecular weight is 186 g/mol. The minimum absolute atomic E-state index is 0.239.